The van der Waals surface area contributed by atoms with Gasteiger partial charge in [0, 0.05) is 5.56 Å². The zero-order chi connectivity index (χ0) is 13.9. The Kier molecular flexibility index (Phi) is 3.55. The molecule has 0 atom stereocenters. The topological polar surface area (TPSA) is 32.6 Å². The van der Waals surface area contributed by atoms with Gasteiger partial charge in [-0.2, -0.15) is 0 Å². The van der Waals surface area contributed by atoms with Crippen LogP contribution in [0, 0.1) is 0 Å². The summed E-state index contributed by atoms with van der Waals surface area (Å²) in [7, 11) is 0. The van der Waals surface area contributed by atoms with E-state index >= 15 is 0 Å². The molecule has 4 aliphatic rings. The lowest BCUT2D eigenvalue weighted by atomic mass is 9.92. The van der Waals surface area contributed by atoms with Crippen LogP contribution in [-0.4, -0.2) is 10.9 Å². The van der Waals surface area contributed by atoms with Gasteiger partial charge in [-0.15, -0.1) is 0 Å². The van der Waals surface area contributed by atoms with E-state index in [2.05, 4.69) is 47.6 Å². The smallest absolute Gasteiger partial charge is 0.0839 e. The molecule has 0 spiro atoms. The van der Waals surface area contributed by atoms with E-state index in [0.717, 1.165) is 31.2 Å². The molecular weight excluding hydrogens is 246 g/mol. The Balaban J connectivity index is 2.04. The predicted octanol–water partition coefficient (Wildman–Crippen LogP) is 3.77. The van der Waals surface area contributed by atoms with E-state index in [-0.39, 0.29) is 0 Å². The van der Waals surface area contributed by atoms with Gasteiger partial charge >= 0.3 is 0 Å². The summed E-state index contributed by atoms with van der Waals surface area (Å²) in [6, 6.07) is 15.5. The minimum absolute atomic E-state index is 0.702. The molecule has 0 aromatic heterocycles. The maximum Gasteiger partial charge on any atom is 0.0839 e. The van der Waals surface area contributed by atoms with Crippen molar-refractivity contribution in [1.29, 1.82) is 0 Å². The Morgan fingerprint density at radius 2 is 1.40 bits per heavy atom. The fraction of sp³-hybridized carbons (Fsp3) is 0.278. The summed E-state index contributed by atoms with van der Waals surface area (Å²) in [5, 5.41) is 12.5. The second-order valence-corrected chi connectivity index (χ2v) is 5.49. The monoisotopic (exact) mass is 265 g/mol. The van der Waals surface area contributed by atoms with Crippen molar-refractivity contribution in [2.75, 3.05) is 0 Å². The van der Waals surface area contributed by atoms with Gasteiger partial charge < -0.3 is 5.21 Å². The van der Waals surface area contributed by atoms with Crippen LogP contribution in [0.1, 0.15) is 34.7 Å². The molecule has 0 radical (unpaired) electrons. The van der Waals surface area contributed by atoms with Crippen molar-refractivity contribution in [2.45, 2.75) is 32.6 Å². The lowest BCUT2D eigenvalue weighted by molar-refractivity contribution is 0.319. The van der Waals surface area contributed by atoms with E-state index < -0.39 is 0 Å². The summed E-state index contributed by atoms with van der Waals surface area (Å²) in [5.41, 5.74) is 7.09. The summed E-state index contributed by atoms with van der Waals surface area (Å²) < 4.78 is 0. The number of nitrogens with zero attached hydrogens (tertiary/aromatic N) is 1. The molecule has 0 amide bonds. The van der Waals surface area contributed by atoms with E-state index in [9.17, 15) is 0 Å². The first-order chi connectivity index (χ1) is 9.76. The maximum absolute atomic E-state index is 9.08. The Bertz CT molecular complexity index is 641. The number of rotatable bonds is 1. The van der Waals surface area contributed by atoms with E-state index in [1.807, 2.05) is 6.92 Å². The van der Waals surface area contributed by atoms with Gasteiger partial charge in [-0.25, -0.2) is 0 Å². The molecule has 102 valence electrons. The third kappa shape index (κ3) is 2.60. The van der Waals surface area contributed by atoms with Crippen LogP contribution in [0.4, 0.5) is 0 Å². The zero-order valence-corrected chi connectivity index (χ0v) is 11.8. The summed E-state index contributed by atoms with van der Waals surface area (Å²) in [6.07, 6.45) is 4.06. The molecular formula is C18H19NO. The van der Waals surface area contributed by atoms with E-state index in [1.54, 1.807) is 0 Å². The highest BCUT2D eigenvalue weighted by Gasteiger charge is 2.10. The van der Waals surface area contributed by atoms with E-state index in [0.29, 0.717) is 5.71 Å². The highest BCUT2D eigenvalue weighted by molar-refractivity contribution is 5.99. The van der Waals surface area contributed by atoms with Gasteiger partial charge in [0.05, 0.1) is 5.71 Å². The van der Waals surface area contributed by atoms with Crippen LogP contribution in [0.25, 0.3) is 0 Å². The first-order valence-electron chi connectivity index (χ1n) is 7.15. The molecule has 0 saturated heterocycles. The minimum Gasteiger partial charge on any atom is -0.411 e. The molecule has 0 saturated carbocycles. The highest BCUT2D eigenvalue weighted by atomic mass is 16.4. The van der Waals surface area contributed by atoms with Gasteiger partial charge in [-0.05, 0) is 60.9 Å². The Labute approximate surface area is 119 Å². The van der Waals surface area contributed by atoms with Gasteiger partial charge in [0.2, 0.25) is 0 Å². The van der Waals surface area contributed by atoms with Gasteiger partial charge in [0.25, 0.3) is 0 Å². The summed E-state index contributed by atoms with van der Waals surface area (Å²) in [6.45, 7) is 1.86. The molecule has 0 unspecified atom stereocenters. The van der Waals surface area contributed by atoms with E-state index in [4.69, 9.17) is 5.21 Å². The average molecular weight is 265 g/mol. The van der Waals surface area contributed by atoms with Crippen LogP contribution in [0.2, 0.25) is 0 Å². The largest absolute Gasteiger partial charge is 0.411 e. The third-order valence-corrected chi connectivity index (χ3v) is 4.12. The number of hydrogen-bond donors (Lipinski definition) is 1. The van der Waals surface area contributed by atoms with Crippen LogP contribution in [0.5, 0.6) is 0 Å². The van der Waals surface area contributed by atoms with Crippen LogP contribution in [0.3, 0.4) is 0 Å². The van der Waals surface area contributed by atoms with Crippen molar-refractivity contribution in [3.05, 3.63) is 70.3 Å². The molecule has 2 heteroatoms. The fourth-order valence-corrected chi connectivity index (χ4v) is 2.83. The number of aryl methyl sites for hydroxylation is 4. The van der Waals surface area contributed by atoms with Crippen LogP contribution >= 0.6 is 0 Å². The highest BCUT2D eigenvalue weighted by Crippen LogP contribution is 2.19. The van der Waals surface area contributed by atoms with Crippen LogP contribution < -0.4 is 0 Å². The van der Waals surface area contributed by atoms with Crippen molar-refractivity contribution in [2.24, 2.45) is 5.16 Å². The third-order valence-electron chi connectivity index (χ3n) is 4.12. The molecule has 4 aliphatic carbocycles. The second-order valence-electron chi connectivity index (χ2n) is 5.49. The molecule has 2 nitrogen and oxygen atoms in total. The quantitative estimate of drug-likeness (QED) is 0.475. The Morgan fingerprint density at radius 3 is 2.05 bits per heavy atom. The zero-order valence-electron chi connectivity index (χ0n) is 11.8. The number of benzene rings is 2. The SMILES string of the molecule is C/C(=N\O)c1cc2ccc1CCc1ccc(cc1)CC2. The van der Waals surface area contributed by atoms with Crippen LogP contribution in [-0.2, 0) is 25.7 Å². The van der Waals surface area contributed by atoms with Gasteiger partial charge in [-0.3, -0.25) is 0 Å². The summed E-state index contributed by atoms with van der Waals surface area (Å²) in [5.74, 6) is 0. The lowest BCUT2D eigenvalue weighted by Crippen LogP contribution is -2.06. The molecule has 1 N–H and O–H groups in total. The molecule has 0 heterocycles. The predicted molar refractivity (Wildman–Crippen MR) is 81.7 cm³/mol. The maximum atomic E-state index is 9.08. The van der Waals surface area contributed by atoms with Crippen molar-refractivity contribution < 1.29 is 5.21 Å². The van der Waals surface area contributed by atoms with Crippen molar-refractivity contribution in [3.8, 4) is 0 Å². The Hall–Kier alpha value is -2.09. The average Bonchev–Trinajstić information content (AvgIpc) is 2.49. The number of hydrogen-bond acceptors (Lipinski definition) is 2. The normalized spacial score (nSPS) is 14.9. The van der Waals surface area contributed by atoms with Crippen LogP contribution in [0.15, 0.2) is 47.6 Å². The standard InChI is InChI=1S/C18H19NO/c1-13(19-20)18-12-16-7-6-14-2-4-15(5-3-14)8-10-17(18)11-9-16/h2-5,9,11-12,20H,6-8,10H2,1H3/b19-13+. The molecule has 0 aliphatic heterocycles. The van der Waals surface area contributed by atoms with Gasteiger partial charge in [0.1, 0.15) is 0 Å². The van der Waals surface area contributed by atoms with Crippen molar-refractivity contribution in [3.63, 3.8) is 0 Å². The van der Waals surface area contributed by atoms with Gasteiger partial charge in [-0.1, -0.05) is 41.6 Å². The molecule has 0 fully saturated rings. The van der Waals surface area contributed by atoms with E-state index in [1.165, 1.54) is 22.3 Å². The molecule has 2 aromatic rings. The fourth-order valence-electron chi connectivity index (χ4n) is 2.83. The first-order valence-corrected chi connectivity index (χ1v) is 7.15. The minimum atomic E-state index is 0.702. The summed E-state index contributed by atoms with van der Waals surface area (Å²) >= 11 is 0. The second kappa shape index (κ2) is 5.49. The van der Waals surface area contributed by atoms with Gasteiger partial charge in [0.15, 0.2) is 0 Å². The van der Waals surface area contributed by atoms with Crippen molar-refractivity contribution >= 4 is 5.71 Å². The first kappa shape index (κ1) is 12.9. The Morgan fingerprint density at radius 1 is 0.850 bits per heavy atom. The molecule has 4 bridgehead atoms. The summed E-state index contributed by atoms with van der Waals surface area (Å²) in [4.78, 5) is 0. The molecule has 2 aromatic carbocycles. The molecule has 20 heavy (non-hydrogen) atoms. The number of oxime groups is 1. The molecule has 6 rings (SSSR count). The lowest BCUT2D eigenvalue weighted by Gasteiger charge is -2.13. The van der Waals surface area contributed by atoms with Crippen molar-refractivity contribution in [1.82, 2.24) is 0 Å².